The summed E-state index contributed by atoms with van der Waals surface area (Å²) in [5.41, 5.74) is -4.56. The highest BCUT2D eigenvalue weighted by Crippen LogP contribution is 2.50. The monoisotopic (exact) mass is 174 g/mol. The third kappa shape index (κ3) is 1.81. The lowest BCUT2D eigenvalue weighted by Crippen LogP contribution is -2.50. The lowest BCUT2D eigenvalue weighted by Gasteiger charge is -2.47. The minimum absolute atomic E-state index is 0.530. The summed E-state index contributed by atoms with van der Waals surface area (Å²) in [6.07, 6.45) is -2.46. The highest BCUT2D eigenvalue weighted by molar-refractivity contribution is 7.55. The maximum absolute atomic E-state index is 11.9. The molecular formula is C3H5F2O4P-2. The van der Waals surface area contributed by atoms with Crippen molar-refractivity contribution in [3.63, 3.8) is 0 Å². The summed E-state index contributed by atoms with van der Waals surface area (Å²) in [6, 6.07) is 0. The van der Waals surface area contributed by atoms with E-state index in [2.05, 4.69) is 0 Å². The minimum atomic E-state index is -6.01. The molecule has 0 heterocycles. The van der Waals surface area contributed by atoms with Gasteiger partial charge in [0.05, 0.1) is 0 Å². The Balaban J connectivity index is 4.40. The van der Waals surface area contributed by atoms with Crippen LogP contribution in [0.5, 0.6) is 0 Å². The van der Waals surface area contributed by atoms with Crippen molar-refractivity contribution in [3.8, 4) is 0 Å². The fourth-order valence-electron chi connectivity index (χ4n) is 0.229. The normalized spacial score (nSPS) is 17.1. The van der Waals surface area contributed by atoms with Crippen LogP contribution in [0, 0.1) is 0 Å². The van der Waals surface area contributed by atoms with Crippen LogP contribution in [0.15, 0.2) is 0 Å². The fourth-order valence-corrected chi connectivity index (χ4v) is 0.686. The molecule has 0 aromatic carbocycles. The SMILES string of the molecule is CC(O)C(F)(F)[P+]([O-])([O-])[O-]. The van der Waals surface area contributed by atoms with Crippen molar-refractivity contribution in [1.82, 2.24) is 0 Å². The number of aliphatic hydroxyl groups excluding tert-OH is 1. The average molecular weight is 174 g/mol. The number of halogens is 2. The highest BCUT2D eigenvalue weighted by atomic mass is 31.2. The molecule has 0 saturated heterocycles. The van der Waals surface area contributed by atoms with Gasteiger partial charge in [-0.3, -0.25) is 0 Å². The molecule has 0 saturated carbocycles. The third-order valence-electron chi connectivity index (χ3n) is 0.868. The quantitative estimate of drug-likeness (QED) is 0.481. The van der Waals surface area contributed by atoms with Crippen LogP contribution in [0.1, 0.15) is 6.92 Å². The van der Waals surface area contributed by atoms with E-state index >= 15 is 0 Å². The molecule has 0 aliphatic rings. The molecule has 4 nitrogen and oxygen atoms in total. The second-order valence-electron chi connectivity index (χ2n) is 1.76. The van der Waals surface area contributed by atoms with Crippen LogP contribution >= 0.6 is 7.94 Å². The topological polar surface area (TPSA) is 89.4 Å². The van der Waals surface area contributed by atoms with Gasteiger partial charge in [-0.05, 0) is 6.92 Å². The summed E-state index contributed by atoms with van der Waals surface area (Å²) in [5.74, 6) is 0. The predicted molar refractivity (Wildman–Crippen MR) is 23.5 cm³/mol. The van der Waals surface area contributed by atoms with Gasteiger partial charge in [-0.15, -0.1) is 0 Å². The van der Waals surface area contributed by atoms with Gasteiger partial charge in [0.2, 0.25) is 0 Å². The summed E-state index contributed by atoms with van der Waals surface area (Å²) < 4.78 is 23.8. The van der Waals surface area contributed by atoms with Crippen molar-refractivity contribution in [2.45, 2.75) is 18.7 Å². The van der Waals surface area contributed by atoms with Gasteiger partial charge >= 0.3 is 5.66 Å². The van der Waals surface area contributed by atoms with Crippen molar-refractivity contribution in [2.75, 3.05) is 0 Å². The van der Waals surface area contributed by atoms with Crippen molar-refractivity contribution in [3.05, 3.63) is 0 Å². The largest absolute Gasteiger partial charge is 0.683 e. The first-order valence-corrected chi connectivity index (χ1v) is 3.82. The highest BCUT2D eigenvalue weighted by Gasteiger charge is 2.44. The second-order valence-corrected chi connectivity index (χ2v) is 3.35. The lowest BCUT2D eigenvalue weighted by molar-refractivity contribution is -0.449. The minimum Gasteiger partial charge on any atom is -0.683 e. The molecule has 0 spiro atoms. The van der Waals surface area contributed by atoms with Crippen molar-refractivity contribution >= 4 is 7.94 Å². The molecule has 1 N–H and O–H groups in total. The molecule has 1 atom stereocenters. The first kappa shape index (κ1) is 10.1. The molecule has 0 radical (unpaired) electrons. The molecule has 0 rings (SSSR count). The van der Waals surface area contributed by atoms with E-state index in [1.807, 2.05) is 0 Å². The Morgan fingerprint density at radius 3 is 1.70 bits per heavy atom. The molecule has 7 heteroatoms. The Hall–Kier alpha value is 0.130. The van der Waals surface area contributed by atoms with Gasteiger partial charge in [0.15, 0.2) is 6.10 Å². The summed E-state index contributed by atoms with van der Waals surface area (Å²) in [7, 11) is -6.01. The van der Waals surface area contributed by atoms with E-state index in [0.29, 0.717) is 6.92 Å². The number of aliphatic hydroxyl groups is 1. The zero-order valence-electron chi connectivity index (χ0n) is 4.95. The zero-order valence-corrected chi connectivity index (χ0v) is 5.85. The summed E-state index contributed by atoms with van der Waals surface area (Å²) in [4.78, 5) is 29.0. The van der Waals surface area contributed by atoms with E-state index in [9.17, 15) is 23.5 Å². The van der Waals surface area contributed by atoms with Crippen LogP contribution in [0.2, 0.25) is 0 Å². The molecule has 1 unspecified atom stereocenters. The molecule has 62 valence electrons. The number of hydrogen-bond donors (Lipinski definition) is 1. The molecule has 0 amide bonds. The van der Waals surface area contributed by atoms with Gasteiger partial charge in [0, 0.05) is 0 Å². The van der Waals surface area contributed by atoms with E-state index < -0.39 is 19.7 Å². The average Bonchev–Trinajstić information content (AvgIpc) is 1.62. The number of rotatable bonds is 2. The van der Waals surface area contributed by atoms with Gasteiger partial charge in [-0.25, -0.2) is 0 Å². The van der Waals surface area contributed by atoms with Crippen LogP contribution in [0.4, 0.5) is 8.78 Å². The molecule has 0 fully saturated rings. The Morgan fingerprint density at radius 2 is 1.70 bits per heavy atom. The zero-order chi connectivity index (χ0) is 8.58. The van der Waals surface area contributed by atoms with Gasteiger partial charge < -0.3 is 19.8 Å². The summed E-state index contributed by atoms with van der Waals surface area (Å²) in [6.45, 7) is 0.530. The van der Waals surface area contributed by atoms with Crippen LogP contribution < -0.4 is 14.7 Å². The third-order valence-corrected chi connectivity index (χ3v) is 1.97. The van der Waals surface area contributed by atoms with Crippen molar-refractivity contribution in [2.24, 2.45) is 0 Å². The standard InChI is InChI=1S/C3H7F2O4P/c1-2(6)3(4,5)10(7,8)9/h2,6H,1H3,(H2,7,8,9)/p-2. The maximum Gasteiger partial charge on any atom is 0.361 e. The van der Waals surface area contributed by atoms with Gasteiger partial charge in [0.1, 0.15) is 0 Å². The van der Waals surface area contributed by atoms with Crippen molar-refractivity contribution in [1.29, 1.82) is 0 Å². The van der Waals surface area contributed by atoms with E-state index in [0.717, 1.165) is 0 Å². The van der Waals surface area contributed by atoms with Crippen LogP contribution in [-0.2, 0) is 0 Å². The molecular weight excluding hydrogens is 169 g/mol. The Labute approximate surface area is 56.3 Å². The Morgan fingerprint density at radius 1 is 1.40 bits per heavy atom. The summed E-state index contributed by atoms with van der Waals surface area (Å²) in [5, 5.41) is 8.09. The molecule has 0 aliphatic carbocycles. The van der Waals surface area contributed by atoms with E-state index in [1.54, 1.807) is 0 Å². The Bertz CT molecular complexity index is 120. The molecule has 0 aromatic rings. The summed E-state index contributed by atoms with van der Waals surface area (Å²) >= 11 is 0. The lowest BCUT2D eigenvalue weighted by atomic mass is 10.4. The van der Waals surface area contributed by atoms with Crippen LogP contribution in [0.25, 0.3) is 0 Å². The van der Waals surface area contributed by atoms with E-state index in [-0.39, 0.29) is 0 Å². The number of hydrogen-bond acceptors (Lipinski definition) is 4. The number of alkyl halides is 2. The predicted octanol–water partition coefficient (Wildman–Crippen LogP) is -2.20. The van der Waals surface area contributed by atoms with Gasteiger partial charge in [-0.1, -0.05) is 7.94 Å². The molecule has 0 aliphatic heterocycles. The maximum atomic E-state index is 11.9. The van der Waals surface area contributed by atoms with Gasteiger partial charge in [0.25, 0.3) is 0 Å². The van der Waals surface area contributed by atoms with Crippen LogP contribution in [0.3, 0.4) is 0 Å². The van der Waals surface area contributed by atoms with Gasteiger partial charge in [-0.2, -0.15) is 8.78 Å². The smallest absolute Gasteiger partial charge is 0.361 e. The molecule has 10 heavy (non-hydrogen) atoms. The van der Waals surface area contributed by atoms with E-state index in [4.69, 9.17) is 5.11 Å². The van der Waals surface area contributed by atoms with Crippen LogP contribution in [-0.4, -0.2) is 16.9 Å². The van der Waals surface area contributed by atoms with Crippen molar-refractivity contribution < 1.29 is 28.6 Å². The second kappa shape index (κ2) is 2.64. The molecule has 0 bridgehead atoms. The fraction of sp³-hybridized carbons (Fsp3) is 1.00. The first-order valence-electron chi connectivity index (χ1n) is 2.27. The molecule has 0 aromatic heterocycles. The first-order chi connectivity index (χ1) is 4.19. The van der Waals surface area contributed by atoms with E-state index in [1.165, 1.54) is 0 Å². The Kier molecular flexibility index (Phi) is 2.67.